The summed E-state index contributed by atoms with van der Waals surface area (Å²) < 4.78 is 12.4. The van der Waals surface area contributed by atoms with Crippen molar-refractivity contribution in [2.75, 3.05) is 13.7 Å². The number of aryl methyl sites for hydroxylation is 1. The van der Waals surface area contributed by atoms with Crippen molar-refractivity contribution in [1.82, 2.24) is 9.88 Å². The maximum Gasteiger partial charge on any atom is 0.349 e. The summed E-state index contributed by atoms with van der Waals surface area (Å²) in [6.07, 6.45) is 1.03. The maximum absolute atomic E-state index is 12.5. The Labute approximate surface area is 166 Å². The third-order valence-corrected chi connectivity index (χ3v) is 4.94. The fourth-order valence-electron chi connectivity index (χ4n) is 3.35. The SMILES string of the molecule is COc1cccc2cc(C(=O)NC[C@@H](O)c3ccc4c(ccn4C)c3)c(=O)oc12. The lowest BCUT2D eigenvalue weighted by molar-refractivity contribution is 0.0913. The second-order valence-corrected chi connectivity index (χ2v) is 6.80. The van der Waals surface area contributed by atoms with Gasteiger partial charge < -0.3 is 24.1 Å². The molecule has 2 aromatic carbocycles. The van der Waals surface area contributed by atoms with Crippen molar-refractivity contribution in [1.29, 1.82) is 0 Å². The number of benzene rings is 2. The Morgan fingerprint density at radius 1 is 1.21 bits per heavy atom. The number of nitrogens with one attached hydrogen (secondary N) is 1. The highest BCUT2D eigenvalue weighted by molar-refractivity contribution is 5.97. The first-order chi connectivity index (χ1) is 14.0. The second kappa shape index (κ2) is 7.44. The van der Waals surface area contributed by atoms with E-state index in [9.17, 15) is 14.7 Å². The van der Waals surface area contributed by atoms with Crippen LogP contribution >= 0.6 is 0 Å². The number of methoxy groups -OCH3 is 1. The Kier molecular flexibility index (Phi) is 4.82. The molecule has 0 bridgehead atoms. The van der Waals surface area contributed by atoms with Crippen LogP contribution in [0.4, 0.5) is 0 Å². The molecule has 0 aliphatic rings. The van der Waals surface area contributed by atoms with Crippen LogP contribution in [0.5, 0.6) is 5.75 Å². The Hall–Kier alpha value is -3.58. The fourth-order valence-corrected chi connectivity index (χ4v) is 3.35. The number of aliphatic hydroxyl groups excluding tert-OH is 1. The van der Waals surface area contributed by atoms with Crippen molar-refractivity contribution in [2.24, 2.45) is 7.05 Å². The third-order valence-electron chi connectivity index (χ3n) is 4.94. The molecule has 7 nitrogen and oxygen atoms in total. The van der Waals surface area contributed by atoms with Crippen molar-refractivity contribution in [3.63, 3.8) is 0 Å². The van der Waals surface area contributed by atoms with Crippen LogP contribution in [-0.2, 0) is 7.05 Å². The minimum absolute atomic E-state index is 0.0350. The van der Waals surface area contributed by atoms with E-state index in [0.29, 0.717) is 16.7 Å². The second-order valence-electron chi connectivity index (χ2n) is 6.80. The molecule has 0 aliphatic heterocycles. The van der Waals surface area contributed by atoms with Crippen LogP contribution in [0.1, 0.15) is 22.0 Å². The zero-order valence-corrected chi connectivity index (χ0v) is 16.0. The summed E-state index contributed by atoms with van der Waals surface area (Å²) in [6.45, 7) is -0.0350. The molecule has 1 amide bonds. The quantitative estimate of drug-likeness (QED) is 0.510. The van der Waals surface area contributed by atoms with Gasteiger partial charge in [0.2, 0.25) is 0 Å². The molecule has 0 saturated heterocycles. The predicted molar refractivity (Wildman–Crippen MR) is 109 cm³/mol. The summed E-state index contributed by atoms with van der Waals surface area (Å²) in [5, 5.41) is 14.6. The number of ether oxygens (including phenoxy) is 1. The van der Waals surface area contributed by atoms with Crippen LogP contribution in [-0.4, -0.2) is 29.2 Å². The Balaban J connectivity index is 1.52. The molecular formula is C22H20N2O5. The number of nitrogens with zero attached hydrogens (tertiary/aromatic N) is 1. The first-order valence-corrected chi connectivity index (χ1v) is 9.10. The molecule has 0 radical (unpaired) electrons. The number of rotatable bonds is 5. The Bertz CT molecular complexity index is 1270. The van der Waals surface area contributed by atoms with Gasteiger partial charge in [0.05, 0.1) is 13.2 Å². The summed E-state index contributed by atoms with van der Waals surface area (Å²) in [5.41, 5.74) is 1.12. The lowest BCUT2D eigenvalue weighted by Crippen LogP contribution is -2.31. The van der Waals surface area contributed by atoms with Crippen LogP contribution in [0.3, 0.4) is 0 Å². The molecule has 0 unspecified atom stereocenters. The molecule has 0 spiro atoms. The van der Waals surface area contributed by atoms with Gasteiger partial charge in [0, 0.05) is 30.7 Å². The van der Waals surface area contributed by atoms with Gasteiger partial charge in [0.1, 0.15) is 5.56 Å². The summed E-state index contributed by atoms with van der Waals surface area (Å²) >= 11 is 0. The van der Waals surface area contributed by atoms with E-state index in [4.69, 9.17) is 9.15 Å². The largest absolute Gasteiger partial charge is 0.493 e. The van der Waals surface area contributed by atoms with Gasteiger partial charge in [-0.25, -0.2) is 4.79 Å². The third kappa shape index (κ3) is 3.48. The predicted octanol–water partition coefficient (Wildman–Crippen LogP) is 2.76. The van der Waals surface area contributed by atoms with Gasteiger partial charge in [0.15, 0.2) is 11.3 Å². The average Bonchev–Trinajstić information content (AvgIpc) is 3.11. The Morgan fingerprint density at radius 3 is 2.83 bits per heavy atom. The lowest BCUT2D eigenvalue weighted by Gasteiger charge is -2.13. The molecule has 2 N–H and O–H groups in total. The van der Waals surface area contributed by atoms with E-state index >= 15 is 0 Å². The number of hydrogen-bond acceptors (Lipinski definition) is 5. The van der Waals surface area contributed by atoms with Crippen LogP contribution in [0.2, 0.25) is 0 Å². The minimum atomic E-state index is -0.906. The van der Waals surface area contributed by atoms with Gasteiger partial charge in [-0.1, -0.05) is 18.2 Å². The van der Waals surface area contributed by atoms with Crippen LogP contribution in [0.15, 0.2) is 63.9 Å². The lowest BCUT2D eigenvalue weighted by atomic mass is 10.1. The van der Waals surface area contributed by atoms with Gasteiger partial charge in [-0.2, -0.15) is 0 Å². The highest BCUT2D eigenvalue weighted by atomic mass is 16.5. The Morgan fingerprint density at radius 2 is 2.03 bits per heavy atom. The number of carbonyl (C=O) groups excluding carboxylic acids is 1. The summed E-state index contributed by atoms with van der Waals surface area (Å²) in [7, 11) is 3.42. The van der Waals surface area contributed by atoms with Crippen molar-refractivity contribution in [3.05, 3.63) is 76.3 Å². The first kappa shape index (κ1) is 18.8. The molecule has 1 atom stereocenters. The number of amides is 1. The normalized spacial score (nSPS) is 12.2. The van der Waals surface area contributed by atoms with Gasteiger partial charge >= 0.3 is 5.63 Å². The van der Waals surface area contributed by atoms with E-state index in [1.807, 2.05) is 42.1 Å². The zero-order chi connectivity index (χ0) is 20.5. The summed E-state index contributed by atoms with van der Waals surface area (Å²) in [6, 6.07) is 14.2. The van der Waals surface area contributed by atoms with Gasteiger partial charge in [-0.3, -0.25) is 4.79 Å². The van der Waals surface area contributed by atoms with Crippen LogP contribution in [0.25, 0.3) is 21.9 Å². The molecule has 4 aromatic rings. The molecule has 148 valence electrons. The number of carbonyl (C=O) groups is 1. The molecule has 4 rings (SSSR count). The highest BCUT2D eigenvalue weighted by Gasteiger charge is 2.17. The van der Waals surface area contributed by atoms with Crippen LogP contribution < -0.4 is 15.7 Å². The smallest absolute Gasteiger partial charge is 0.349 e. The van der Waals surface area contributed by atoms with Gasteiger partial charge in [-0.05, 0) is 41.3 Å². The van der Waals surface area contributed by atoms with E-state index in [2.05, 4.69) is 5.32 Å². The van der Waals surface area contributed by atoms with E-state index in [1.165, 1.54) is 13.2 Å². The van der Waals surface area contributed by atoms with Gasteiger partial charge in [-0.15, -0.1) is 0 Å². The van der Waals surface area contributed by atoms with E-state index in [1.54, 1.807) is 18.2 Å². The summed E-state index contributed by atoms with van der Waals surface area (Å²) in [5.74, 6) is -0.193. The number of para-hydroxylation sites is 1. The molecule has 2 heterocycles. The van der Waals surface area contributed by atoms with E-state index < -0.39 is 17.6 Å². The topological polar surface area (TPSA) is 93.7 Å². The molecular weight excluding hydrogens is 372 g/mol. The monoisotopic (exact) mass is 392 g/mol. The van der Waals surface area contributed by atoms with Gasteiger partial charge in [0.25, 0.3) is 5.91 Å². The van der Waals surface area contributed by atoms with Crippen molar-refractivity contribution in [3.8, 4) is 5.75 Å². The van der Waals surface area contributed by atoms with E-state index in [0.717, 1.165) is 10.9 Å². The zero-order valence-electron chi connectivity index (χ0n) is 16.0. The van der Waals surface area contributed by atoms with E-state index in [-0.39, 0.29) is 17.7 Å². The number of fused-ring (bicyclic) bond motifs is 2. The maximum atomic E-state index is 12.5. The molecule has 0 aliphatic carbocycles. The molecule has 0 saturated carbocycles. The number of hydrogen-bond donors (Lipinski definition) is 2. The van der Waals surface area contributed by atoms with Crippen molar-refractivity contribution < 1.29 is 19.1 Å². The number of aromatic nitrogens is 1. The van der Waals surface area contributed by atoms with Crippen LogP contribution in [0, 0.1) is 0 Å². The number of aliphatic hydroxyl groups is 1. The van der Waals surface area contributed by atoms with Crippen molar-refractivity contribution in [2.45, 2.75) is 6.10 Å². The standard InChI is InChI=1S/C22H20N2O5/c1-24-9-8-13-10-14(6-7-17(13)24)18(25)12-23-21(26)16-11-15-4-3-5-19(28-2)20(15)29-22(16)27/h3-11,18,25H,12H2,1-2H3,(H,23,26)/t18-/m1/s1. The molecule has 7 heteroatoms. The van der Waals surface area contributed by atoms with Crippen molar-refractivity contribution >= 4 is 27.8 Å². The fraction of sp³-hybridized carbons (Fsp3) is 0.182. The summed E-state index contributed by atoms with van der Waals surface area (Å²) in [4.78, 5) is 24.8. The molecule has 29 heavy (non-hydrogen) atoms. The minimum Gasteiger partial charge on any atom is -0.493 e. The first-order valence-electron chi connectivity index (χ1n) is 9.10. The average molecular weight is 392 g/mol. The highest BCUT2D eigenvalue weighted by Crippen LogP contribution is 2.24. The molecule has 2 aromatic heterocycles. The molecule has 0 fully saturated rings.